The first-order valence-electron chi connectivity index (χ1n) is 4.92. The Morgan fingerprint density at radius 1 is 1.47 bits per heavy atom. The van der Waals surface area contributed by atoms with Gasteiger partial charge in [0.1, 0.15) is 0 Å². The number of nitrogens with zero attached hydrogens (tertiary/aromatic N) is 1. The van der Waals surface area contributed by atoms with E-state index in [9.17, 15) is 9.59 Å². The number of aromatic nitrogens is 1. The molecule has 6 nitrogen and oxygen atoms in total. The normalized spacial score (nSPS) is 9.65. The van der Waals surface area contributed by atoms with Crippen LogP contribution in [0.25, 0.3) is 0 Å². The van der Waals surface area contributed by atoms with Crippen LogP contribution in [0.3, 0.4) is 0 Å². The summed E-state index contributed by atoms with van der Waals surface area (Å²) in [5.74, 6) is -1.56. The van der Waals surface area contributed by atoms with E-state index in [2.05, 4.69) is 16.9 Å². The first-order valence-corrected chi connectivity index (χ1v) is 4.92. The van der Waals surface area contributed by atoms with Crippen LogP contribution in [0.5, 0.6) is 0 Å². The fraction of sp³-hybridized carbons (Fsp3) is 0.182. The smallest absolute Gasteiger partial charge is 0.303 e. The molecule has 0 unspecified atom stereocenters. The summed E-state index contributed by atoms with van der Waals surface area (Å²) >= 11 is 0. The van der Waals surface area contributed by atoms with Gasteiger partial charge < -0.3 is 16.2 Å². The van der Waals surface area contributed by atoms with E-state index >= 15 is 0 Å². The average Bonchev–Trinajstić information content (AvgIpc) is 2.27. The number of nitrogens with one attached hydrogen (secondary N) is 1. The molecule has 6 heteroatoms. The van der Waals surface area contributed by atoms with Gasteiger partial charge in [0.05, 0.1) is 12.1 Å². The summed E-state index contributed by atoms with van der Waals surface area (Å²) in [5.41, 5.74) is 6.16. The van der Waals surface area contributed by atoms with Crippen molar-refractivity contribution in [2.75, 3.05) is 5.32 Å². The molecular formula is C11H13N3O3. The van der Waals surface area contributed by atoms with Crippen LogP contribution < -0.4 is 11.1 Å². The largest absolute Gasteiger partial charge is 0.481 e. The number of carboxylic acid groups (broad SMARTS) is 1. The number of carbonyl (C=O) groups is 2. The van der Waals surface area contributed by atoms with Crippen molar-refractivity contribution in [3.8, 4) is 0 Å². The number of carboxylic acids is 1. The van der Waals surface area contributed by atoms with Gasteiger partial charge in [-0.05, 0) is 18.6 Å². The first-order chi connectivity index (χ1) is 8.00. The summed E-state index contributed by atoms with van der Waals surface area (Å²) < 4.78 is 0. The van der Waals surface area contributed by atoms with Crippen molar-refractivity contribution in [3.63, 3.8) is 0 Å². The van der Waals surface area contributed by atoms with Crippen molar-refractivity contribution in [2.45, 2.75) is 12.8 Å². The van der Waals surface area contributed by atoms with Crippen LogP contribution in [0.1, 0.15) is 23.3 Å². The molecule has 0 bridgehead atoms. The third-order valence-corrected chi connectivity index (χ3v) is 1.99. The first kappa shape index (κ1) is 12.7. The van der Waals surface area contributed by atoms with Gasteiger partial charge in [0.25, 0.3) is 5.91 Å². The van der Waals surface area contributed by atoms with E-state index in [-0.39, 0.29) is 18.5 Å². The minimum absolute atomic E-state index is 0.0298. The SMILES string of the molecule is C=C(CCC(=O)O)Nc1cccnc1C(N)=O. The number of nitrogens with two attached hydrogens (primary N) is 1. The Hall–Kier alpha value is -2.37. The van der Waals surface area contributed by atoms with E-state index in [1.54, 1.807) is 12.1 Å². The summed E-state index contributed by atoms with van der Waals surface area (Å²) in [6, 6.07) is 3.26. The standard InChI is InChI=1S/C11H13N3O3/c1-7(4-5-9(15)16)14-8-3-2-6-13-10(8)11(12)17/h2-3,6,14H,1,4-5H2,(H2,12,17)(H,15,16). The molecule has 0 fully saturated rings. The van der Waals surface area contributed by atoms with Crippen LogP contribution in [0.2, 0.25) is 0 Å². The highest BCUT2D eigenvalue weighted by Crippen LogP contribution is 2.15. The topological polar surface area (TPSA) is 105 Å². The van der Waals surface area contributed by atoms with Crippen molar-refractivity contribution in [1.82, 2.24) is 4.98 Å². The number of anilines is 1. The molecule has 1 amide bonds. The molecular weight excluding hydrogens is 222 g/mol. The van der Waals surface area contributed by atoms with Crippen LogP contribution in [-0.2, 0) is 4.79 Å². The van der Waals surface area contributed by atoms with Gasteiger partial charge in [-0.1, -0.05) is 6.58 Å². The van der Waals surface area contributed by atoms with Crippen molar-refractivity contribution in [2.24, 2.45) is 5.73 Å². The fourth-order valence-corrected chi connectivity index (χ4v) is 1.21. The van der Waals surface area contributed by atoms with E-state index < -0.39 is 11.9 Å². The highest BCUT2D eigenvalue weighted by Gasteiger charge is 2.09. The maximum Gasteiger partial charge on any atom is 0.303 e. The van der Waals surface area contributed by atoms with Gasteiger partial charge in [0.15, 0.2) is 5.69 Å². The second-order valence-corrected chi connectivity index (χ2v) is 3.39. The minimum atomic E-state index is -0.908. The maximum atomic E-state index is 11.1. The van der Waals surface area contributed by atoms with Crippen molar-refractivity contribution < 1.29 is 14.7 Å². The zero-order valence-corrected chi connectivity index (χ0v) is 9.14. The van der Waals surface area contributed by atoms with Gasteiger partial charge in [0, 0.05) is 11.9 Å². The van der Waals surface area contributed by atoms with Gasteiger partial charge in [-0.25, -0.2) is 4.98 Å². The van der Waals surface area contributed by atoms with Crippen molar-refractivity contribution >= 4 is 17.6 Å². The predicted molar refractivity (Wildman–Crippen MR) is 62.4 cm³/mol. The lowest BCUT2D eigenvalue weighted by molar-refractivity contribution is -0.136. The summed E-state index contributed by atoms with van der Waals surface area (Å²) in [7, 11) is 0. The lowest BCUT2D eigenvalue weighted by Crippen LogP contribution is -2.16. The molecule has 0 saturated heterocycles. The van der Waals surface area contributed by atoms with Crippen LogP contribution in [0, 0.1) is 0 Å². The van der Waals surface area contributed by atoms with Gasteiger partial charge in [-0.3, -0.25) is 9.59 Å². The molecule has 17 heavy (non-hydrogen) atoms. The van der Waals surface area contributed by atoms with E-state index in [0.29, 0.717) is 11.4 Å². The van der Waals surface area contributed by atoms with Crippen molar-refractivity contribution in [1.29, 1.82) is 0 Å². The predicted octanol–water partition coefficient (Wildman–Crippen LogP) is 0.971. The second-order valence-electron chi connectivity index (χ2n) is 3.39. The lowest BCUT2D eigenvalue weighted by atomic mass is 10.2. The van der Waals surface area contributed by atoms with Crippen LogP contribution in [-0.4, -0.2) is 22.0 Å². The molecule has 4 N–H and O–H groups in total. The Balaban J connectivity index is 2.71. The third kappa shape index (κ3) is 3.94. The number of allylic oxidation sites excluding steroid dienone is 1. The number of rotatable bonds is 6. The van der Waals surface area contributed by atoms with Crippen LogP contribution >= 0.6 is 0 Å². The lowest BCUT2D eigenvalue weighted by Gasteiger charge is -2.10. The highest BCUT2D eigenvalue weighted by molar-refractivity contribution is 5.96. The van der Waals surface area contributed by atoms with E-state index in [1.807, 2.05) is 0 Å². The van der Waals surface area contributed by atoms with E-state index in [4.69, 9.17) is 10.8 Å². The summed E-state index contributed by atoms with van der Waals surface area (Å²) in [4.78, 5) is 25.3. The molecule has 1 aromatic heterocycles. The van der Waals surface area contributed by atoms with Crippen molar-refractivity contribution in [3.05, 3.63) is 36.3 Å². The Morgan fingerprint density at radius 2 is 2.18 bits per heavy atom. The summed E-state index contributed by atoms with van der Waals surface area (Å²) in [5, 5.41) is 11.3. The van der Waals surface area contributed by atoms with E-state index in [0.717, 1.165) is 0 Å². The highest BCUT2D eigenvalue weighted by atomic mass is 16.4. The molecule has 0 aliphatic rings. The quantitative estimate of drug-likeness (QED) is 0.681. The molecule has 0 atom stereocenters. The number of carbonyl (C=O) groups excluding carboxylic acids is 1. The molecule has 90 valence electrons. The number of aliphatic carboxylic acids is 1. The van der Waals surface area contributed by atoms with Gasteiger partial charge in [0.2, 0.25) is 0 Å². The molecule has 0 aromatic carbocycles. The zero-order valence-electron chi connectivity index (χ0n) is 9.14. The number of primary amides is 1. The second kappa shape index (κ2) is 5.64. The zero-order chi connectivity index (χ0) is 12.8. The summed E-state index contributed by atoms with van der Waals surface area (Å²) in [6.45, 7) is 3.67. The van der Waals surface area contributed by atoms with Gasteiger partial charge in [-0.2, -0.15) is 0 Å². The van der Waals surface area contributed by atoms with Gasteiger partial charge >= 0.3 is 5.97 Å². The Labute approximate surface area is 98.2 Å². The fourth-order valence-electron chi connectivity index (χ4n) is 1.21. The summed E-state index contributed by atoms with van der Waals surface area (Å²) in [6.07, 6.45) is 1.69. The number of hydrogen-bond donors (Lipinski definition) is 3. The molecule has 1 rings (SSSR count). The molecule has 1 aromatic rings. The number of amides is 1. The maximum absolute atomic E-state index is 11.1. The number of hydrogen-bond acceptors (Lipinski definition) is 4. The molecule has 0 radical (unpaired) electrons. The van der Waals surface area contributed by atoms with E-state index in [1.165, 1.54) is 6.20 Å². The minimum Gasteiger partial charge on any atom is -0.481 e. The molecule has 0 aliphatic carbocycles. The molecule has 0 spiro atoms. The third-order valence-electron chi connectivity index (χ3n) is 1.99. The van der Waals surface area contributed by atoms with Crippen LogP contribution in [0.4, 0.5) is 5.69 Å². The molecule has 1 heterocycles. The molecule has 0 aliphatic heterocycles. The Bertz CT molecular complexity index is 457. The number of pyridine rings is 1. The average molecular weight is 235 g/mol. The van der Waals surface area contributed by atoms with Crippen LogP contribution in [0.15, 0.2) is 30.6 Å². The Kier molecular flexibility index (Phi) is 4.21. The monoisotopic (exact) mass is 235 g/mol. The van der Waals surface area contributed by atoms with Gasteiger partial charge in [-0.15, -0.1) is 0 Å². The molecule has 0 saturated carbocycles. The Morgan fingerprint density at radius 3 is 2.76 bits per heavy atom.